The van der Waals surface area contributed by atoms with E-state index >= 15 is 0 Å². The molecule has 5 nitrogen and oxygen atoms in total. The van der Waals surface area contributed by atoms with Gasteiger partial charge in [-0.2, -0.15) is 9.78 Å². The fraction of sp³-hybridized carbons (Fsp3) is 0.0800. The minimum absolute atomic E-state index is 0.0105. The summed E-state index contributed by atoms with van der Waals surface area (Å²) >= 11 is 0. The maximum atomic E-state index is 12.8. The van der Waals surface area contributed by atoms with Crippen LogP contribution >= 0.6 is 0 Å². The molecule has 1 amide bonds. The van der Waals surface area contributed by atoms with Crippen molar-refractivity contribution in [1.29, 1.82) is 0 Å². The predicted molar refractivity (Wildman–Crippen MR) is 117 cm³/mol. The van der Waals surface area contributed by atoms with Gasteiger partial charge in [0.2, 0.25) is 0 Å². The first kappa shape index (κ1) is 19.3. The molecule has 0 saturated carbocycles. The Morgan fingerprint density at radius 2 is 1.30 bits per heavy atom. The van der Waals surface area contributed by atoms with E-state index in [0.717, 1.165) is 11.1 Å². The van der Waals surface area contributed by atoms with Crippen LogP contribution < -0.4 is 10.9 Å². The van der Waals surface area contributed by atoms with Gasteiger partial charge in [-0.15, -0.1) is 0 Å². The Morgan fingerprint density at radius 1 is 0.767 bits per heavy atom. The SMILES string of the molecule is O=C(NCC(c1ccccc1)c1ccccc1)c1ccc(=O)n(-c2ccccc2)n1. The Morgan fingerprint density at radius 3 is 1.87 bits per heavy atom. The molecule has 0 radical (unpaired) electrons. The lowest BCUT2D eigenvalue weighted by Gasteiger charge is -2.19. The van der Waals surface area contributed by atoms with Crippen molar-refractivity contribution in [2.75, 3.05) is 6.54 Å². The van der Waals surface area contributed by atoms with Crippen molar-refractivity contribution in [3.8, 4) is 5.69 Å². The first-order valence-corrected chi connectivity index (χ1v) is 9.76. The van der Waals surface area contributed by atoms with Crippen LogP contribution in [0.1, 0.15) is 27.5 Å². The molecule has 3 aromatic carbocycles. The summed E-state index contributed by atoms with van der Waals surface area (Å²) in [5.74, 6) is -0.312. The molecule has 1 N–H and O–H groups in total. The van der Waals surface area contributed by atoms with E-state index < -0.39 is 0 Å². The summed E-state index contributed by atoms with van der Waals surface area (Å²) in [5.41, 5.74) is 2.75. The second kappa shape index (κ2) is 9.01. The van der Waals surface area contributed by atoms with E-state index in [9.17, 15) is 9.59 Å². The number of nitrogens with one attached hydrogen (secondary N) is 1. The van der Waals surface area contributed by atoms with E-state index in [2.05, 4.69) is 34.7 Å². The zero-order valence-electron chi connectivity index (χ0n) is 16.3. The van der Waals surface area contributed by atoms with E-state index in [4.69, 9.17) is 0 Å². The summed E-state index contributed by atoms with van der Waals surface area (Å²) in [6.45, 7) is 0.416. The van der Waals surface area contributed by atoms with Crippen LogP contribution in [-0.4, -0.2) is 22.2 Å². The average molecular weight is 395 g/mol. The number of para-hydroxylation sites is 1. The van der Waals surface area contributed by atoms with Gasteiger partial charge in [0, 0.05) is 18.5 Å². The predicted octanol–water partition coefficient (Wildman–Crippen LogP) is 3.79. The third-order valence-corrected chi connectivity index (χ3v) is 4.90. The third kappa shape index (κ3) is 4.36. The van der Waals surface area contributed by atoms with Gasteiger partial charge in [-0.05, 0) is 29.3 Å². The van der Waals surface area contributed by atoms with Gasteiger partial charge in [0.25, 0.3) is 11.5 Å². The Bertz CT molecular complexity index is 1130. The highest BCUT2D eigenvalue weighted by molar-refractivity contribution is 5.92. The smallest absolute Gasteiger partial charge is 0.271 e. The molecule has 0 fully saturated rings. The molecule has 30 heavy (non-hydrogen) atoms. The summed E-state index contributed by atoms with van der Waals surface area (Å²) in [6.07, 6.45) is 0. The summed E-state index contributed by atoms with van der Waals surface area (Å²) in [5, 5.41) is 7.24. The maximum Gasteiger partial charge on any atom is 0.271 e. The second-order valence-electron chi connectivity index (χ2n) is 6.89. The summed E-state index contributed by atoms with van der Waals surface area (Å²) < 4.78 is 1.24. The van der Waals surface area contributed by atoms with E-state index in [0.29, 0.717) is 12.2 Å². The molecule has 0 spiro atoms. The van der Waals surface area contributed by atoms with Crippen molar-refractivity contribution in [2.45, 2.75) is 5.92 Å². The molecular weight excluding hydrogens is 374 g/mol. The molecule has 1 aromatic heterocycles. The number of benzene rings is 3. The number of hydrogen-bond donors (Lipinski definition) is 1. The monoisotopic (exact) mass is 395 g/mol. The Labute approximate surface area is 174 Å². The standard InChI is InChI=1S/C25H21N3O2/c29-24-17-16-23(27-28(24)21-14-8-3-9-15-21)25(30)26-18-22(19-10-4-1-5-11-19)20-12-6-2-7-13-20/h1-17,22H,18H2,(H,26,30). The number of hydrogen-bond acceptors (Lipinski definition) is 3. The van der Waals surface area contributed by atoms with E-state index in [1.54, 1.807) is 12.1 Å². The first-order chi connectivity index (χ1) is 14.7. The molecule has 0 saturated heterocycles. The van der Waals surface area contributed by atoms with Crippen molar-refractivity contribution >= 4 is 5.91 Å². The molecule has 0 aliphatic heterocycles. The summed E-state index contributed by atoms with van der Waals surface area (Å²) in [4.78, 5) is 25.0. The fourth-order valence-corrected chi connectivity index (χ4v) is 3.37. The quantitative estimate of drug-likeness (QED) is 0.540. The average Bonchev–Trinajstić information content (AvgIpc) is 2.81. The van der Waals surface area contributed by atoms with Crippen molar-refractivity contribution in [2.24, 2.45) is 0 Å². The fourth-order valence-electron chi connectivity index (χ4n) is 3.37. The lowest BCUT2D eigenvalue weighted by atomic mass is 9.91. The lowest BCUT2D eigenvalue weighted by Crippen LogP contribution is -2.32. The minimum Gasteiger partial charge on any atom is -0.350 e. The largest absolute Gasteiger partial charge is 0.350 e. The Balaban J connectivity index is 1.57. The molecule has 0 aliphatic carbocycles. The highest BCUT2D eigenvalue weighted by Crippen LogP contribution is 2.23. The number of carbonyl (C=O) groups excluding carboxylic acids is 1. The number of rotatable bonds is 6. The number of aromatic nitrogens is 2. The molecule has 0 aliphatic rings. The van der Waals surface area contributed by atoms with Gasteiger partial charge in [0.15, 0.2) is 0 Å². The Kier molecular flexibility index (Phi) is 5.80. The summed E-state index contributed by atoms with van der Waals surface area (Å²) in [6, 6.07) is 32.0. The van der Waals surface area contributed by atoms with Crippen LogP contribution in [0.25, 0.3) is 5.69 Å². The van der Waals surface area contributed by atoms with Gasteiger partial charge in [0.1, 0.15) is 5.69 Å². The van der Waals surface area contributed by atoms with Crippen LogP contribution in [0.4, 0.5) is 0 Å². The van der Waals surface area contributed by atoms with Gasteiger partial charge >= 0.3 is 0 Å². The van der Waals surface area contributed by atoms with E-state index in [1.165, 1.54) is 16.8 Å². The molecule has 0 unspecified atom stereocenters. The number of carbonyl (C=O) groups is 1. The molecule has 0 bridgehead atoms. The number of nitrogens with zero attached hydrogens (tertiary/aromatic N) is 2. The van der Waals surface area contributed by atoms with Crippen molar-refractivity contribution in [1.82, 2.24) is 15.1 Å². The highest BCUT2D eigenvalue weighted by atomic mass is 16.2. The highest BCUT2D eigenvalue weighted by Gasteiger charge is 2.17. The van der Waals surface area contributed by atoms with Crippen molar-refractivity contribution < 1.29 is 4.79 Å². The molecule has 1 heterocycles. The zero-order chi connectivity index (χ0) is 20.8. The van der Waals surface area contributed by atoms with Crippen LogP contribution in [0.2, 0.25) is 0 Å². The van der Waals surface area contributed by atoms with Gasteiger partial charge < -0.3 is 5.32 Å². The minimum atomic E-state index is -0.323. The van der Waals surface area contributed by atoms with E-state index in [-0.39, 0.29) is 23.1 Å². The molecule has 5 heteroatoms. The van der Waals surface area contributed by atoms with E-state index in [1.807, 2.05) is 54.6 Å². The summed E-state index contributed by atoms with van der Waals surface area (Å²) in [7, 11) is 0. The van der Waals surface area contributed by atoms with Crippen LogP contribution in [0.5, 0.6) is 0 Å². The van der Waals surface area contributed by atoms with Crippen molar-refractivity contribution in [3.63, 3.8) is 0 Å². The van der Waals surface area contributed by atoms with Crippen LogP contribution in [0, 0.1) is 0 Å². The van der Waals surface area contributed by atoms with Gasteiger partial charge in [0.05, 0.1) is 5.69 Å². The molecule has 4 rings (SSSR count). The second-order valence-corrected chi connectivity index (χ2v) is 6.89. The Hall–Kier alpha value is -3.99. The topological polar surface area (TPSA) is 64.0 Å². The molecule has 4 aromatic rings. The van der Waals surface area contributed by atoms with Crippen molar-refractivity contribution in [3.05, 3.63) is 130 Å². The molecule has 148 valence electrons. The van der Waals surface area contributed by atoms with Crippen LogP contribution in [-0.2, 0) is 0 Å². The maximum absolute atomic E-state index is 12.8. The number of amides is 1. The van der Waals surface area contributed by atoms with Crippen LogP contribution in [0.3, 0.4) is 0 Å². The molecule has 0 atom stereocenters. The van der Waals surface area contributed by atoms with Gasteiger partial charge in [-0.3, -0.25) is 9.59 Å². The normalized spacial score (nSPS) is 10.7. The van der Waals surface area contributed by atoms with Gasteiger partial charge in [-0.1, -0.05) is 78.9 Å². The third-order valence-electron chi connectivity index (χ3n) is 4.90. The van der Waals surface area contributed by atoms with Crippen LogP contribution in [0.15, 0.2) is 108 Å². The first-order valence-electron chi connectivity index (χ1n) is 9.76. The van der Waals surface area contributed by atoms with Gasteiger partial charge in [-0.25, -0.2) is 0 Å². The molecular formula is C25H21N3O2. The zero-order valence-corrected chi connectivity index (χ0v) is 16.3. The lowest BCUT2D eigenvalue weighted by molar-refractivity contribution is 0.0945.